The van der Waals surface area contributed by atoms with E-state index < -0.39 is 0 Å². The van der Waals surface area contributed by atoms with Crippen molar-refractivity contribution in [1.29, 1.82) is 0 Å². The van der Waals surface area contributed by atoms with Crippen LogP contribution in [-0.4, -0.2) is 18.3 Å². The maximum atomic E-state index is 9.80. The van der Waals surface area contributed by atoms with Gasteiger partial charge in [0.1, 0.15) is 5.75 Å². The van der Waals surface area contributed by atoms with E-state index in [4.69, 9.17) is 4.74 Å². The average Bonchev–Trinajstić information content (AvgIpc) is 2.27. The molecule has 0 amide bonds. The lowest BCUT2D eigenvalue weighted by Gasteiger charge is -2.12. The van der Waals surface area contributed by atoms with Gasteiger partial charge in [0.25, 0.3) is 0 Å². The van der Waals surface area contributed by atoms with Crippen LogP contribution in [0, 0.1) is 0 Å². The summed E-state index contributed by atoms with van der Waals surface area (Å²) >= 11 is 0. The Kier molecular flexibility index (Phi) is 5.19. The minimum Gasteiger partial charge on any atom is -0.496 e. The summed E-state index contributed by atoms with van der Waals surface area (Å²) in [6.07, 6.45) is 3.51. The number of aliphatic hydroxyl groups excluding tert-OH is 1. The number of ether oxygens (including phenoxy) is 1. The highest BCUT2D eigenvalue weighted by atomic mass is 16.5. The molecule has 84 valence electrons. The molecule has 0 fully saturated rings. The molecular weight excluding hydrogens is 188 g/mol. The van der Waals surface area contributed by atoms with Crippen molar-refractivity contribution in [1.82, 2.24) is 0 Å². The fourth-order valence-electron chi connectivity index (χ4n) is 1.67. The van der Waals surface area contributed by atoms with Crippen molar-refractivity contribution in [3.8, 4) is 5.75 Å². The van der Waals surface area contributed by atoms with Gasteiger partial charge in [-0.1, -0.05) is 38.0 Å². The lowest BCUT2D eigenvalue weighted by atomic mass is 10.0. The monoisotopic (exact) mass is 208 g/mol. The highest BCUT2D eigenvalue weighted by Crippen LogP contribution is 2.20. The molecule has 0 aliphatic heterocycles. The van der Waals surface area contributed by atoms with Crippen LogP contribution in [-0.2, 0) is 6.42 Å². The molecule has 0 aromatic heterocycles. The van der Waals surface area contributed by atoms with Gasteiger partial charge >= 0.3 is 0 Å². The second-order valence-electron chi connectivity index (χ2n) is 3.81. The van der Waals surface area contributed by atoms with E-state index in [1.165, 1.54) is 0 Å². The summed E-state index contributed by atoms with van der Waals surface area (Å²) < 4.78 is 5.24. The summed E-state index contributed by atoms with van der Waals surface area (Å²) in [7, 11) is 1.66. The van der Waals surface area contributed by atoms with Crippen LogP contribution < -0.4 is 4.74 Å². The largest absolute Gasteiger partial charge is 0.496 e. The van der Waals surface area contributed by atoms with Gasteiger partial charge in [-0.15, -0.1) is 0 Å². The molecule has 2 heteroatoms. The van der Waals surface area contributed by atoms with Crippen LogP contribution in [0.1, 0.15) is 31.7 Å². The zero-order chi connectivity index (χ0) is 11.1. The smallest absolute Gasteiger partial charge is 0.122 e. The molecule has 1 aromatic carbocycles. The Morgan fingerprint density at radius 1 is 1.33 bits per heavy atom. The Morgan fingerprint density at radius 3 is 2.73 bits per heavy atom. The Labute approximate surface area is 91.9 Å². The molecule has 0 saturated carbocycles. The Morgan fingerprint density at radius 2 is 2.07 bits per heavy atom. The lowest BCUT2D eigenvalue weighted by molar-refractivity contribution is 0.160. The van der Waals surface area contributed by atoms with Crippen molar-refractivity contribution in [2.45, 2.75) is 38.7 Å². The molecule has 0 spiro atoms. The summed E-state index contributed by atoms with van der Waals surface area (Å²) in [5.74, 6) is 0.869. The molecule has 1 N–H and O–H groups in total. The van der Waals surface area contributed by atoms with E-state index in [2.05, 4.69) is 6.92 Å². The number of methoxy groups -OCH3 is 1. The molecule has 0 bridgehead atoms. The molecular formula is C13H20O2. The van der Waals surface area contributed by atoms with E-state index in [0.29, 0.717) is 6.42 Å². The van der Waals surface area contributed by atoms with Crippen LogP contribution in [0.2, 0.25) is 0 Å². The van der Waals surface area contributed by atoms with Crippen LogP contribution in [0.25, 0.3) is 0 Å². The van der Waals surface area contributed by atoms with Gasteiger partial charge in [-0.3, -0.25) is 0 Å². The molecule has 2 nitrogen and oxygen atoms in total. The normalized spacial score (nSPS) is 12.5. The second kappa shape index (κ2) is 6.46. The molecule has 15 heavy (non-hydrogen) atoms. The molecule has 0 aliphatic carbocycles. The zero-order valence-corrected chi connectivity index (χ0v) is 9.57. The molecule has 1 rings (SSSR count). The number of hydrogen-bond acceptors (Lipinski definition) is 2. The zero-order valence-electron chi connectivity index (χ0n) is 9.57. The molecule has 1 unspecified atom stereocenters. The van der Waals surface area contributed by atoms with Crippen molar-refractivity contribution in [2.75, 3.05) is 7.11 Å². The summed E-state index contributed by atoms with van der Waals surface area (Å²) in [5, 5.41) is 9.80. The quantitative estimate of drug-likeness (QED) is 0.779. The summed E-state index contributed by atoms with van der Waals surface area (Å²) in [4.78, 5) is 0. The van der Waals surface area contributed by atoms with Crippen molar-refractivity contribution in [3.05, 3.63) is 29.8 Å². The highest BCUT2D eigenvalue weighted by Gasteiger charge is 2.08. The van der Waals surface area contributed by atoms with Gasteiger partial charge < -0.3 is 9.84 Å². The van der Waals surface area contributed by atoms with Crippen LogP contribution in [0.5, 0.6) is 5.75 Å². The molecule has 0 heterocycles. The first-order valence-electron chi connectivity index (χ1n) is 5.58. The van der Waals surface area contributed by atoms with Gasteiger partial charge in [0.05, 0.1) is 13.2 Å². The van der Waals surface area contributed by atoms with E-state index in [1.54, 1.807) is 7.11 Å². The van der Waals surface area contributed by atoms with Crippen molar-refractivity contribution >= 4 is 0 Å². The van der Waals surface area contributed by atoms with Crippen LogP contribution >= 0.6 is 0 Å². The Balaban J connectivity index is 2.55. The van der Waals surface area contributed by atoms with Gasteiger partial charge in [0.15, 0.2) is 0 Å². The van der Waals surface area contributed by atoms with Gasteiger partial charge in [-0.25, -0.2) is 0 Å². The first-order chi connectivity index (χ1) is 7.27. The van der Waals surface area contributed by atoms with Crippen molar-refractivity contribution in [3.63, 3.8) is 0 Å². The summed E-state index contributed by atoms with van der Waals surface area (Å²) in [6.45, 7) is 2.13. The SMILES string of the molecule is CCCCC(O)Cc1ccccc1OC. The van der Waals surface area contributed by atoms with E-state index in [1.807, 2.05) is 24.3 Å². The third kappa shape index (κ3) is 3.92. The van der Waals surface area contributed by atoms with Crippen molar-refractivity contribution < 1.29 is 9.84 Å². The third-order valence-corrected chi connectivity index (χ3v) is 2.54. The Hall–Kier alpha value is -1.02. The molecule has 1 atom stereocenters. The molecule has 0 radical (unpaired) electrons. The minimum absolute atomic E-state index is 0.249. The maximum absolute atomic E-state index is 9.80. The lowest BCUT2D eigenvalue weighted by Crippen LogP contribution is -2.10. The molecule has 1 aromatic rings. The van der Waals surface area contributed by atoms with E-state index in [-0.39, 0.29) is 6.10 Å². The second-order valence-corrected chi connectivity index (χ2v) is 3.81. The van der Waals surface area contributed by atoms with Crippen LogP contribution in [0.4, 0.5) is 0 Å². The predicted molar refractivity (Wildman–Crippen MR) is 62.2 cm³/mol. The van der Waals surface area contributed by atoms with E-state index in [0.717, 1.165) is 30.6 Å². The number of para-hydroxylation sites is 1. The fourth-order valence-corrected chi connectivity index (χ4v) is 1.67. The fraction of sp³-hybridized carbons (Fsp3) is 0.538. The minimum atomic E-state index is -0.249. The first-order valence-corrected chi connectivity index (χ1v) is 5.58. The predicted octanol–water partition coefficient (Wildman–Crippen LogP) is 2.79. The topological polar surface area (TPSA) is 29.5 Å². The first kappa shape index (κ1) is 12.1. The summed E-state index contributed by atoms with van der Waals surface area (Å²) in [6, 6.07) is 7.86. The van der Waals surface area contributed by atoms with E-state index >= 15 is 0 Å². The Bertz CT molecular complexity index is 284. The standard InChI is InChI=1S/C13H20O2/c1-3-4-8-12(14)10-11-7-5-6-9-13(11)15-2/h5-7,9,12,14H,3-4,8,10H2,1-2H3. The maximum Gasteiger partial charge on any atom is 0.122 e. The highest BCUT2D eigenvalue weighted by molar-refractivity contribution is 5.33. The van der Waals surface area contributed by atoms with Gasteiger partial charge in [0, 0.05) is 6.42 Å². The molecule has 0 aliphatic rings. The van der Waals surface area contributed by atoms with Crippen LogP contribution in [0.3, 0.4) is 0 Å². The third-order valence-electron chi connectivity index (χ3n) is 2.54. The molecule has 0 saturated heterocycles. The van der Waals surface area contributed by atoms with Gasteiger partial charge in [0.2, 0.25) is 0 Å². The number of benzene rings is 1. The number of rotatable bonds is 6. The number of aliphatic hydroxyl groups is 1. The number of unbranched alkanes of at least 4 members (excludes halogenated alkanes) is 1. The van der Waals surface area contributed by atoms with Gasteiger partial charge in [-0.05, 0) is 18.1 Å². The van der Waals surface area contributed by atoms with E-state index in [9.17, 15) is 5.11 Å². The van der Waals surface area contributed by atoms with Gasteiger partial charge in [-0.2, -0.15) is 0 Å². The summed E-state index contributed by atoms with van der Waals surface area (Å²) in [5.41, 5.74) is 1.09. The number of hydrogen-bond donors (Lipinski definition) is 1. The average molecular weight is 208 g/mol. The van der Waals surface area contributed by atoms with Crippen LogP contribution in [0.15, 0.2) is 24.3 Å². The van der Waals surface area contributed by atoms with Crippen molar-refractivity contribution in [2.24, 2.45) is 0 Å².